The number of ether oxygens (including phenoxy) is 1. The molecule has 0 aromatic carbocycles. The molecule has 0 spiro atoms. The topological polar surface area (TPSA) is 87.7 Å². The number of urea groups is 1. The van der Waals surface area contributed by atoms with Gasteiger partial charge in [0.25, 0.3) is 0 Å². The van der Waals surface area contributed by atoms with Crippen LogP contribution >= 0.6 is 0 Å². The maximum atomic E-state index is 11.6. The van der Waals surface area contributed by atoms with Crippen molar-refractivity contribution in [3.8, 4) is 0 Å². The highest BCUT2D eigenvalue weighted by molar-refractivity contribution is 5.82. The Morgan fingerprint density at radius 3 is 2.65 bits per heavy atom. The first kappa shape index (κ1) is 16.8. The van der Waals surface area contributed by atoms with Gasteiger partial charge in [-0.25, -0.2) is 9.59 Å². The number of amides is 2. The predicted molar refractivity (Wildman–Crippen MR) is 75.7 cm³/mol. The molecule has 0 unspecified atom stereocenters. The molecule has 6 nitrogen and oxygen atoms in total. The molecule has 0 aliphatic heterocycles. The minimum Gasteiger partial charge on any atom is -0.480 e. The number of hydrogen-bond acceptors (Lipinski definition) is 3. The van der Waals surface area contributed by atoms with Crippen molar-refractivity contribution in [2.24, 2.45) is 0 Å². The van der Waals surface area contributed by atoms with E-state index in [-0.39, 0.29) is 0 Å². The van der Waals surface area contributed by atoms with E-state index in [2.05, 4.69) is 10.6 Å². The fourth-order valence-electron chi connectivity index (χ4n) is 2.32. The van der Waals surface area contributed by atoms with Crippen LogP contribution in [0.4, 0.5) is 4.79 Å². The van der Waals surface area contributed by atoms with Gasteiger partial charge in [-0.2, -0.15) is 0 Å². The maximum absolute atomic E-state index is 11.6. The van der Waals surface area contributed by atoms with Crippen molar-refractivity contribution in [2.75, 3.05) is 13.2 Å². The predicted octanol–water partition coefficient (Wildman–Crippen LogP) is 1.89. The molecule has 1 aliphatic rings. The van der Waals surface area contributed by atoms with Crippen LogP contribution in [0.2, 0.25) is 0 Å². The van der Waals surface area contributed by atoms with E-state index in [0.29, 0.717) is 25.7 Å². The summed E-state index contributed by atoms with van der Waals surface area (Å²) in [7, 11) is 0. The zero-order valence-electron chi connectivity index (χ0n) is 12.2. The molecule has 6 heteroatoms. The summed E-state index contributed by atoms with van der Waals surface area (Å²) in [5.41, 5.74) is 0. The zero-order chi connectivity index (χ0) is 14.8. The maximum Gasteiger partial charge on any atom is 0.326 e. The first-order valence-electron chi connectivity index (χ1n) is 7.52. The Hall–Kier alpha value is -1.30. The summed E-state index contributed by atoms with van der Waals surface area (Å²) in [4.78, 5) is 22.6. The van der Waals surface area contributed by atoms with Gasteiger partial charge in [-0.05, 0) is 19.3 Å². The highest BCUT2D eigenvalue weighted by Gasteiger charge is 2.19. The Bertz CT molecular complexity index is 304. The van der Waals surface area contributed by atoms with Gasteiger partial charge in [0.05, 0.1) is 12.7 Å². The summed E-state index contributed by atoms with van der Waals surface area (Å²) in [5, 5.41) is 14.1. The lowest BCUT2D eigenvalue weighted by Crippen LogP contribution is -2.46. The Kier molecular flexibility index (Phi) is 8.02. The SMILES string of the molecule is CCCC[C@H](NC(=O)NCCOC1CCCC1)C(=O)O. The molecule has 0 aromatic rings. The Labute approximate surface area is 120 Å². The molecular formula is C14H26N2O4. The van der Waals surface area contributed by atoms with Gasteiger partial charge < -0.3 is 20.5 Å². The molecule has 0 bridgehead atoms. The molecule has 1 atom stereocenters. The molecule has 20 heavy (non-hydrogen) atoms. The summed E-state index contributed by atoms with van der Waals surface area (Å²) >= 11 is 0. The number of carboxylic acid groups (broad SMARTS) is 1. The van der Waals surface area contributed by atoms with Gasteiger partial charge in [0.2, 0.25) is 0 Å². The lowest BCUT2D eigenvalue weighted by atomic mass is 10.1. The first-order valence-corrected chi connectivity index (χ1v) is 7.52. The van der Waals surface area contributed by atoms with Crippen LogP contribution in [-0.2, 0) is 9.53 Å². The van der Waals surface area contributed by atoms with Gasteiger partial charge >= 0.3 is 12.0 Å². The molecule has 116 valence electrons. The first-order chi connectivity index (χ1) is 9.63. The molecule has 1 fully saturated rings. The van der Waals surface area contributed by atoms with Crippen molar-refractivity contribution in [2.45, 2.75) is 64.0 Å². The monoisotopic (exact) mass is 286 g/mol. The van der Waals surface area contributed by atoms with Crippen molar-refractivity contribution < 1.29 is 19.4 Å². The van der Waals surface area contributed by atoms with Gasteiger partial charge in [0, 0.05) is 6.54 Å². The van der Waals surface area contributed by atoms with Crippen molar-refractivity contribution in [1.29, 1.82) is 0 Å². The van der Waals surface area contributed by atoms with E-state index in [9.17, 15) is 9.59 Å². The van der Waals surface area contributed by atoms with E-state index in [4.69, 9.17) is 9.84 Å². The van der Waals surface area contributed by atoms with E-state index in [1.54, 1.807) is 0 Å². The molecule has 0 heterocycles. The molecule has 0 aromatic heterocycles. The zero-order valence-corrected chi connectivity index (χ0v) is 12.2. The number of rotatable bonds is 9. The number of hydrogen-bond donors (Lipinski definition) is 3. The van der Waals surface area contributed by atoms with Crippen molar-refractivity contribution in [3.63, 3.8) is 0 Å². The smallest absolute Gasteiger partial charge is 0.326 e. The van der Waals surface area contributed by atoms with Gasteiger partial charge in [-0.3, -0.25) is 0 Å². The van der Waals surface area contributed by atoms with Gasteiger partial charge in [0.1, 0.15) is 6.04 Å². The molecule has 0 saturated heterocycles. The van der Waals surface area contributed by atoms with Gasteiger partial charge in [0.15, 0.2) is 0 Å². The second-order valence-electron chi connectivity index (χ2n) is 5.21. The van der Waals surface area contributed by atoms with Crippen LogP contribution in [-0.4, -0.2) is 42.4 Å². The third-order valence-corrected chi connectivity index (χ3v) is 3.49. The number of nitrogens with one attached hydrogen (secondary N) is 2. The highest BCUT2D eigenvalue weighted by atomic mass is 16.5. The summed E-state index contributed by atoms with van der Waals surface area (Å²) in [5.74, 6) is -0.990. The fraction of sp³-hybridized carbons (Fsp3) is 0.857. The third kappa shape index (κ3) is 6.75. The van der Waals surface area contributed by atoms with Crippen LogP contribution in [0, 0.1) is 0 Å². The number of carboxylic acids is 1. The Morgan fingerprint density at radius 2 is 2.05 bits per heavy atom. The quantitative estimate of drug-likeness (QED) is 0.565. The van der Waals surface area contributed by atoms with Crippen molar-refractivity contribution in [3.05, 3.63) is 0 Å². The third-order valence-electron chi connectivity index (χ3n) is 3.49. The number of carbonyl (C=O) groups excluding carboxylic acids is 1. The lowest BCUT2D eigenvalue weighted by Gasteiger charge is -2.15. The fourth-order valence-corrected chi connectivity index (χ4v) is 2.32. The van der Waals surface area contributed by atoms with Crippen LogP contribution < -0.4 is 10.6 Å². The van der Waals surface area contributed by atoms with Gasteiger partial charge in [-0.15, -0.1) is 0 Å². The molecule has 3 N–H and O–H groups in total. The van der Waals surface area contributed by atoms with Crippen LogP contribution in [0.1, 0.15) is 51.9 Å². The second kappa shape index (κ2) is 9.58. The lowest BCUT2D eigenvalue weighted by molar-refractivity contribution is -0.139. The van der Waals surface area contributed by atoms with E-state index in [0.717, 1.165) is 25.7 Å². The minimum atomic E-state index is -0.990. The van der Waals surface area contributed by atoms with Crippen molar-refractivity contribution in [1.82, 2.24) is 10.6 Å². The average molecular weight is 286 g/mol. The molecule has 1 rings (SSSR count). The van der Waals surface area contributed by atoms with Crippen molar-refractivity contribution >= 4 is 12.0 Å². The Morgan fingerprint density at radius 1 is 1.35 bits per heavy atom. The number of carbonyl (C=O) groups is 2. The van der Waals surface area contributed by atoms with E-state index >= 15 is 0 Å². The molecular weight excluding hydrogens is 260 g/mol. The van der Waals surface area contributed by atoms with Crippen LogP contribution in [0.5, 0.6) is 0 Å². The summed E-state index contributed by atoms with van der Waals surface area (Å²) in [6, 6.07) is -1.26. The number of aliphatic carboxylic acids is 1. The summed E-state index contributed by atoms with van der Waals surface area (Å²) < 4.78 is 5.61. The molecule has 2 amide bonds. The van der Waals surface area contributed by atoms with E-state index in [1.165, 1.54) is 12.8 Å². The Balaban J connectivity index is 2.12. The second-order valence-corrected chi connectivity index (χ2v) is 5.21. The van der Waals surface area contributed by atoms with Crippen LogP contribution in [0.3, 0.4) is 0 Å². The molecule has 0 radical (unpaired) electrons. The standard InChI is InChI=1S/C14H26N2O4/c1-2-3-8-12(13(17)18)16-14(19)15-9-10-20-11-6-4-5-7-11/h11-12H,2-10H2,1H3,(H,17,18)(H2,15,16,19)/t12-/m0/s1. The van der Waals surface area contributed by atoms with Crippen LogP contribution in [0.15, 0.2) is 0 Å². The van der Waals surface area contributed by atoms with Gasteiger partial charge in [-0.1, -0.05) is 32.6 Å². The van der Waals surface area contributed by atoms with Crippen LogP contribution in [0.25, 0.3) is 0 Å². The normalized spacial score (nSPS) is 16.9. The minimum absolute atomic E-state index is 0.330. The number of unbranched alkanes of at least 4 members (excludes halogenated alkanes) is 1. The highest BCUT2D eigenvalue weighted by Crippen LogP contribution is 2.20. The van der Waals surface area contributed by atoms with E-state index < -0.39 is 18.0 Å². The largest absolute Gasteiger partial charge is 0.480 e. The summed E-state index contributed by atoms with van der Waals surface area (Å²) in [6.07, 6.45) is 7.11. The molecule has 1 saturated carbocycles. The average Bonchev–Trinajstić information content (AvgIpc) is 2.92. The summed E-state index contributed by atoms with van der Waals surface area (Å²) in [6.45, 7) is 2.87. The molecule has 1 aliphatic carbocycles. The van der Waals surface area contributed by atoms with E-state index in [1.807, 2.05) is 6.92 Å².